The minimum absolute atomic E-state index is 0.0257. The lowest BCUT2D eigenvalue weighted by atomic mass is 10.1. The molecule has 0 saturated carbocycles. The van der Waals surface area contributed by atoms with Gasteiger partial charge in [0.1, 0.15) is 11.4 Å². The van der Waals surface area contributed by atoms with E-state index < -0.39 is 4.92 Å². The van der Waals surface area contributed by atoms with E-state index in [-0.39, 0.29) is 17.6 Å². The summed E-state index contributed by atoms with van der Waals surface area (Å²) >= 11 is 0. The van der Waals surface area contributed by atoms with E-state index in [9.17, 15) is 14.9 Å². The summed E-state index contributed by atoms with van der Waals surface area (Å²) < 4.78 is 3.43. The van der Waals surface area contributed by atoms with E-state index in [1.165, 1.54) is 16.8 Å². The van der Waals surface area contributed by atoms with Crippen LogP contribution in [-0.2, 0) is 7.05 Å². The highest BCUT2D eigenvalue weighted by Gasteiger charge is 2.21. The van der Waals surface area contributed by atoms with E-state index in [4.69, 9.17) is 0 Å². The largest absolute Gasteiger partial charge is 0.349 e. The zero-order valence-electron chi connectivity index (χ0n) is 17.1. The Balaban J connectivity index is 1.72. The van der Waals surface area contributed by atoms with Crippen LogP contribution in [0.3, 0.4) is 0 Å². The lowest BCUT2D eigenvalue weighted by Crippen LogP contribution is -2.28. The Labute approximate surface area is 178 Å². The fourth-order valence-electron chi connectivity index (χ4n) is 3.40. The van der Waals surface area contributed by atoms with Crippen molar-refractivity contribution in [3.05, 3.63) is 100 Å². The maximum Gasteiger partial charge on any atom is 0.270 e. The average molecular weight is 415 g/mol. The molecule has 0 bridgehead atoms. The van der Waals surface area contributed by atoms with Gasteiger partial charge in [-0.2, -0.15) is 5.10 Å². The SMILES string of the molecule is CC(NC(=O)c1cc(-c2cccn2C)nn1-c1ccc([N+](=O)[O-])cc1)c1ccccc1. The van der Waals surface area contributed by atoms with E-state index in [0.717, 1.165) is 11.3 Å². The number of aryl methyl sites for hydroxylation is 1. The summed E-state index contributed by atoms with van der Waals surface area (Å²) in [7, 11) is 1.90. The quantitative estimate of drug-likeness (QED) is 0.376. The molecule has 156 valence electrons. The molecular formula is C23H21N5O3. The third-order valence-electron chi connectivity index (χ3n) is 5.10. The summed E-state index contributed by atoms with van der Waals surface area (Å²) in [6.45, 7) is 1.91. The zero-order valence-corrected chi connectivity index (χ0v) is 17.1. The molecule has 2 aromatic heterocycles. The van der Waals surface area contributed by atoms with E-state index in [2.05, 4.69) is 10.4 Å². The van der Waals surface area contributed by atoms with Gasteiger partial charge in [-0.3, -0.25) is 14.9 Å². The van der Waals surface area contributed by atoms with Crippen molar-refractivity contribution in [2.45, 2.75) is 13.0 Å². The minimum Gasteiger partial charge on any atom is -0.349 e. The Bertz CT molecular complexity index is 1230. The molecule has 8 nitrogen and oxygen atoms in total. The fraction of sp³-hybridized carbons (Fsp3) is 0.130. The van der Waals surface area contributed by atoms with Crippen LogP contribution in [-0.4, -0.2) is 25.2 Å². The third kappa shape index (κ3) is 4.09. The molecule has 1 unspecified atom stereocenters. The first-order chi connectivity index (χ1) is 14.9. The topological polar surface area (TPSA) is 95.0 Å². The summed E-state index contributed by atoms with van der Waals surface area (Å²) in [6.07, 6.45) is 1.90. The van der Waals surface area contributed by atoms with Crippen molar-refractivity contribution in [1.29, 1.82) is 0 Å². The van der Waals surface area contributed by atoms with Crippen molar-refractivity contribution < 1.29 is 9.72 Å². The van der Waals surface area contributed by atoms with Crippen molar-refractivity contribution in [3.63, 3.8) is 0 Å². The highest BCUT2D eigenvalue weighted by Crippen LogP contribution is 2.24. The second-order valence-corrected chi connectivity index (χ2v) is 7.21. The van der Waals surface area contributed by atoms with Gasteiger partial charge in [-0.25, -0.2) is 4.68 Å². The lowest BCUT2D eigenvalue weighted by molar-refractivity contribution is -0.384. The second-order valence-electron chi connectivity index (χ2n) is 7.21. The molecule has 2 heterocycles. The van der Waals surface area contributed by atoms with Crippen LogP contribution in [0.4, 0.5) is 5.69 Å². The lowest BCUT2D eigenvalue weighted by Gasteiger charge is -2.15. The summed E-state index contributed by atoms with van der Waals surface area (Å²) in [4.78, 5) is 23.7. The molecule has 0 fully saturated rings. The Morgan fingerprint density at radius 3 is 2.39 bits per heavy atom. The van der Waals surface area contributed by atoms with Crippen LogP contribution in [0.25, 0.3) is 17.1 Å². The van der Waals surface area contributed by atoms with Gasteiger partial charge >= 0.3 is 0 Å². The Kier molecular flexibility index (Phi) is 5.36. The highest BCUT2D eigenvalue weighted by molar-refractivity contribution is 5.94. The molecule has 31 heavy (non-hydrogen) atoms. The standard InChI is InChI=1S/C23H21N5O3/c1-16(17-7-4-3-5-8-17)24-23(29)22-15-20(21-9-6-14-26(21)2)25-27(22)18-10-12-19(13-11-18)28(30)31/h3-16H,1-2H3,(H,24,29). The fourth-order valence-corrected chi connectivity index (χ4v) is 3.40. The van der Waals surface area contributed by atoms with Gasteiger partial charge in [0.15, 0.2) is 0 Å². The van der Waals surface area contributed by atoms with Gasteiger partial charge in [-0.05, 0) is 42.8 Å². The van der Waals surface area contributed by atoms with E-state index in [1.807, 2.05) is 67.2 Å². The van der Waals surface area contributed by atoms with Crippen molar-refractivity contribution in [2.75, 3.05) is 0 Å². The van der Waals surface area contributed by atoms with Crippen LogP contribution in [0.1, 0.15) is 29.0 Å². The number of hydrogen-bond acceptors (Lipinski definition) is 4. The van der Waals surface area contributed by atoms with Crippen LogP contribution in [0, 0.1) is 10.1 Å². The molecule has 0 saturated heterocycles. The highest BCUT2D eigenvalue weighted by atomic mass is 16.6. The number of hydrogen-bond donors (Lipinski definition) is 1. The first-order valence-electron chi connectivity index (χ1n) is 9.76. The molecule has 1 amide bonds. The monoisotopic (exact) mass is 415 g/mol. The molecule has 0 aliphatic carbocycles. The molecule has 4 aromatic rings. The number of carbonyl (C=O) groups is 1. The van der Waals surface area contributed by atoms with Crippen molar-refractivity contribution in [1.82, 2.24) is 19.7 Å². The number of carbonyl (C=O) groups excluding carboxylic acids is 1. The Morgan fingerprint density at radius 1 is 1.06 bits per heavy atom. The number of nitro groups is 1. The molecule has 0 aliphatic rings. The maximum atomic E-state index is 13.2. The van der Waals surface area contributed by atoms with Crippen LogP contribution in [0.15, 0.2) is 79.0 Å². The first-order valence-corrected chi connectivity index (χ1v) is 9.76. The van der Waals surface area contributed by atoms with Gasteiger partial charge in [0.2, 0.25) is 0 Å². The molecule has 0 radical (unpaired) electrons. The van der Waals surface area contributed by atoms with Crippen LogP contribution in [0.5, 0.6) is 0 Å². The predicted octanol–water partition coefficient (Wildman–Crippen LogP) is 4.28. The van der Waals surface area contributed by atoms with Crippen molar-refractivity contribution in [3.8, 4) is 17.1 Å². The van der Waals surface area contributed by atoms with E-state index >= 15 is 0 Å². The third-order valence-corrected chi connectivity index (χ3v) is 5.10. The number of amides is 1. The number of non-ortho nitro benzene ring substituents is 1. The molecular weight excluding hydrogens is 394 g/mol. The molecule has 1 atom stereocenters. The zero-order chi connectivity index (χ0) is 22.0. The van der Waals surface area contributed by atoms with Gasteiger partial charge in [0.05, 0.1) is 22.3 Å². The van der Waals surface area contributed by atoms with Crippen molar-refractivity contribution >= 4 is 11.6 Å². The van der Waals surface area contributed by atoms with E-state index in [1.54, 1.807) is 18.2 Å². The number of aromatic nitrogens is 3. The molecule has 0 spiro atoms. The van der Waals surface area contributed by atoms with E-state index in [0.29, 0.717) is 17.1 Å². The predicted molar refractivity (Wildman–Crippen MR) is 117 cm³/mol. The average Bonchev–Trinajstić information content (AvgIpc) is 3.40. The molecule has 4 rings (SSSR count). The van der Waals surface area contributed by atoms with Crippen LogP contribution < -0.4 is 5.32 Å². The van der Waals surface area contributed by atoms with Crippen molar-refractivity contribution in [2.24, 2.45) is 7.05 Å². The normalized spacial score (nSPS) is 11.8. The Hall–Kier alpha value is -4.20. The molecule has 8 heteroatoms. The summed E-state index contributed by atoms with van der Waals surface area (Å²) in [5.74, 6) is -0.289. The van der Waals surface area contributed by atoms with Crippen LogP contribution in [0.2, 0.25) is 0 Å². The maximum absolute atomic E-state index is 13.2. The van der Waals surface area contributed by atoms with Gasteiger partial charge in [-0.15, -0.1) is 0 Å². The van der Waals surface area contributed by atoms with Gasteiger partial charge in [0.25, 0.3) is 11.6 Å². The summed E-state index contributed by atoms with van der Waals surface area (Å²) in [5.41, 5.74) is 3.34. The van der Waals surface area contributed by atoms with Gasteiger partial charge in [0, 0.05) is 25.4 Å². The minimum atomic E-state index is -0.461. The number of nitrogens with one attached hydrogen (secondary N) is 1. The Morgan fingerprint density at radius 2 is 1.77 bits per heavy atom. The summed E-state index contributed by atoms with van der Waals surface area (Å²) in [6, 6.07) is 21.0. The van der Waals surface area contributed by atoms with Gasteiger partial charge in [-0.1, -0.05) is 30.3 Å². The smallest absolute Gasteiger partial charge is 0.270 e. The number of nitrogens with zero attached hydrogens (tertiary/aromatic N) is 4. The van der Waals surface area contributed by atoms with Gasteiger partial charge < -0.3 is 9.88 Å². The molecule has 0 aliphatic heterocycles. The first kappa shape index (κ1) is 20.1. The van der Waals surface area contributed by atoms with Crippen LogP contribution >= 0.6 is 0 Å². The molecule has 1 N–H and O–H groups in total. The number of nitro benzene ring substituents is 1. The molecule has 2 aromatic carbocycles. The number of benzene rings is 2. The summed E-state index contributed by atoms with van der Waals surface area (Å²) in [5, 5.41) is 18.6. The second kappa shape index (κ2) is 8.27. The number of rotatable bonds is 6.